The van der Waals surface area contributed by atoms with Crippen LogP contribution in [0.25, 0.3) is 0 Å². The second-order valence-corrected chi connectivity index (χ2v) is 11.1. The molecule has 0 fully saturated rings. The van der Waals surface area contributed by atoms with Gasteiger partial charge in [-0.15, -0.1) is 11.8 Å². The van der Waals surface area contributed by atoms with Crippen molar-refractivity contribution < 1.29 is 19.4 Å². The standard InChI is InChI=1S/C32H31NO4S/c1-31(2,3)37-30(36)33-28-20-19-23(29(34)35)21-24(28)22-38-32(25-13-7-4-8-14-25,26-15-9-5-10-16-26)27-17-11-6-12-18-27/h4-21H,22H2,1-3H3,(H,33,36)(H,34,35). The van der Waals surface area contributed by atoms with Crippen LogP contribution in [0.4, 0.5) is 10.5 Å². The quantitative estimate of drug-likeness (QED) is 0.228. The molecule has 0 aromatic heterocycles. The topological polar surface area (TPSA) is 75.6 Å². The van der Waals surface area contributed by atoms with Crippen molar-refractivity contribution in [2.45, 2.75) is 36.9 Å². The van der Waals surface area contributed by atoms with Crippen molar-refractivity contribution in [2.24, 2.45) is 0 Å². The third-order valence-electron chi connectivity index (χ3n) is 5.97. The van der Waals surface area contributed by atoms with E-state index in [4.69, 9.17) is 4.74 Å². The van der Waals surface area contributed by atoms with Gasteiger partial charge >= 0.3 is 12.1 Å². The van der Waals surface area contributed by atoms with Gasteiger partial charge in [-0.25, -0.2) is 9.59 Å². The second-order valence-electron chi connectivity index (χ2n) is 9.87. The molecule has 2 N–H and O–H groups in total. The second kappa shape index (κ2) is 11.6. The van der Waals surface area contributed by atoms with Gasteiger partial charge in [0.05, 0.1) is 10.3 Å². The van der Waals surface area contributed by atoms with E-state index in [-0.39, 0.29) is 5.56 Å². The summed E-state index contributed by atoms with van der Waals surface area (Å²) in [6.07, 6.45) is -0.590. The Kier molecular flexibility index (Phi) is 8.23. The highest BCUT2D eigenvalue weighted by atomic mass is 32.2. The predicted octanol–water partition coefficient (Wildman–Crippen LogP) is 7.96. The van der Waals surface area contributed by atoms with E-state index in [0.29, 0.717) is 17.0 Å². The minimum atomic E-state index is -1.03. The molecule has 0 spiro atoms. The van der Waals surface area contributed by atoms with E-state index >= 15 is 0 Å². The lowest BCUT2D eigenvalue weighted by atomic mass is 9.84. The highest BCUT2D eigenvalue weighted by molar-refractivity contribution is 7.99. The van der Waals surface area contributed by atoms with Crippen LogP contribution in [0.5, 0.6) is 0 Å². The molecule has 6 heteroatoms. The molecule has 0 aliphatic carbocycles. The number of anilines is 1. The van der Waals surface area contributed by atoms with E-state index in [9.17, 15) is 14.7 Å². The summed E-state index contributed by atoms with van der Waals surface area (Å²) in [4.78, 5) is 24.4. The molecule has 0 saturated heterocycles. The number of hydrogen-bond donors (Lipinski definition) is 2. The Balaban J connectivity index is 1.81. The number of nitrogens with one attached hydrogen (secondary N) is 1. The summed E-state index contributed by atoms with van der Waals surface area (Å²) >= 11 is 1.67. The SMILES string of the molecule is CC(C)(C)OC(=O)Nc1ccc(C(=O)O)cc1CSC(c1ccccc1)(c1ccccc1)c1ccccc1. The van der Waals surface area contributed by atoms with Gasteiger partial charge in [-0.3, -0.25) is 5.32 Å². The maximum atomic E-state index is 12.6. The fourth-order valence-corrected chi connectivity index (χ4v) is 5.86. The van der Waals surface area contributed by atoms with E-state index in [1.54, 1.807) is 44.7 Å². The van der Waals surface area contributed by atoms with Crippen LogP contribution in [-0.4, -0.2) is 22.8 Å². The van der Waals surface area contributed by atoms with Crippen molar-refractivity contribution >= 4 is 29.5 Å². The number of rotatable bonds is 8. The Morgan fingerprint density at radius 3 is 1.66 bits per heavy atom. The molecule has 0 unspecified atom stereocenters. The Morgan fingerprint density at radius 1 is 0.763 bits per heavy atom. The van der Waals surface area contributed by atoms with Crippen LogP contribution in [0, 0.1) is 0 Å². The lowest BCUT2D eigenvalue weighted by Crippen LogP contribution is -2.28. The normalized spacial score (nSPS) is 11.6. The van der Waals surface area contributed by atoms with Crippen LogP contribution < -0.4 is 5.32 Å². The average Bonchev–Trinajstić information content (AvgIpc) is 2.90. The number of carboxylic acids is 1. The number of benzene rings is 4. The van der Waals surface area contributed by atoms with Gasteiger partial charge in [0.1, 0.15) is 5.60 Å². The van der Waals surface area contributed by atoms with Gasteiger partial charge in [0, 0.05) is 11.4 Å². The Hall–Kier alpha value is -4.03. The number of ether oxygens (including phenoxy) is 1. The summed E-state index contributed by atoms with van der Waals surface area (Å²) < 4.78 is 4.86. The average molecular weight is 526 g/mol. The molecule has 4 rings (SSSR count). The molecule has 0 aliphatic heterocycles. The Morgan fingerprint density at radius 2 is 1.24 bits per heavy atom. The van der Waals surface area contributed by atoms with E-state index in [1.165, 1.54) is 6.07 Å². The zero-order valence-electron chi connectivity index (χ0n) is 21.7. The molecule has 1 amide bonds. The molecule has 0 heterocycles. The molecule has 0 saturated carbocycles. The van der Waals surface area contributed by atoms with E-state index in [2.05, 4.69) is 41.7 Å². The molecule has 0 radical (unpaired) electrons. The summed E-state index contributed by atoms with van der Waals surface area (Å²) in [5.41, 5.74) is 3.98. The summed E-state index contributed by atoms with van der Waals surface area (Å²) in [7, 11) is 0. The Labute approximate surface area is 227 Å². The predicted molar refractivity (Wildman–Crippen MR) is 154 cm³/mol. The van der Waals surface area contributed by atoms with Gasteiger partial charge in [0.2, 0.25) is 0 Å². The summed E-state index contributed by atoms with van der Waals surface area (Å²) in [5, 5.41) is 12.5. The number of carboxylic acid groups (broad SMARTS) is 1. The molecular weight excluding hydrogens is 494 g/mol. The molecule has 4 aromatic rings. The van der Waals surface area contributed by atoms with Gasteiger partial charge in [-0.1, -0.05) is 91.0 Å². The van der Waals surface area contributed by atoms with Gasteiger partial charge in [0.25, 0.3) is 0 Å². The third kappa shape index (κ3) is 6.26. The van der Waals surface area contributed by atoms with Crippen molar-refractivity contribution in [3.63, 3.8) is 0 Å². The fraction of sp³-hybridized carbons (Fsp3) is 0.188. The van der Waals surface area contributed by atoms with E-state index in [0.717, 1.165) is 16.7 Å². The maximum Gasteiger partial charge on any atom is 0.412 e. The number of hydrogen-bond acceptors (Lipinski definition) is 4. The van der Waals surface area contributed by atoms with Gasteiger partial charge in [-0.2, -0.15) is 0 Å². The van der Waals surface area contributed by atoms with Gasteiger partial charge < -0.3 is 9.84 Å². The minimum Gasteiger partial charge on any atom is -0.478 e. The van der Waals surface area contributed by atoms with Crippen LogP contribution in [0.2, 0.25) is 0 Å². The molecule has 4 aromatic carbocycles. The third-order valence-corrected chi connectivity index (χ3v) is 7.57. The monoisotopic (exact) mass is 525 g/mol. The molecular formula is C32H31NO4S. The van der Waals surface area contributed by atoms with Crippen molar-refractivity contribution in [2.75, 3.05) is 5.32 Å². The zero-order valence-corrected chi connectivity index (χ0v) is 22.5. The smallest absolute Gasteiger partial charge is 0.412 e. The molecule has 5 nitrogen and oxygen atoms in total. The molecule has 0 bridgehead atoms. The number of carbonyl (C=O) groups excluding carboxylic acids is 1. The van der Waals surface area contributed by atoms with Crippen LogP contribution in [0.15, 0.2) is 109 Å². The van der Waals surface area contributed by atoms with E-state index < -0.39 is 22.4 Å². The van der Waals surface area contributed by atoms with E-state index in [1.807, 2.05) is 54.6 Å². The fourth-order valence-electron chi connectivity index (χ4n) is 4.34. The maximum absolute atomic E-state index is 12.6. The first-order valence-electron chi connectivity index (χ1n) is 12.4. The first kappa shape index (κ1) is 27.0. The summed E-state index contributed by atoms with van der Waals surface area (Å²) in [6, 6.07) is 35.5. The highest BCUT2D eigenvalue weighted by Crippen LogP contribution is 2.50. The van der Waals surface area contributed by atoms with Crippen molar-refractivity contribution in [1.29, 1.82) is 0 Å². The number of aromatic carboxylic acids is 1. The zero-order chi connectivity index (χ0) is 27.2. The van der Waals surface area contributed by atoms with Crippen LogP contribution >= 0.6 is 11.8 Å². The number of amides is 1. The lowest BCUT2D eigenvalue weighted by Gasteiger charge is -2.35. The summed E-state index contributed by atoms with van der Waals surface area (Å²) in [6.45, 7) is 5.39. The largest absolute Gasteiger partial charge is 0.478 e. The minimum absolute atomic E-state index is 0.153. The number of thioether (sulfide) groups is 1. The molecule has 194 valence electrons. The molecule has 0 atom stereocenters. The Bertz CT molecular complexity index is 1290. The van der Waals surface area contributed by atoms with Crippen molar-refractivity contribution in [1.82, 2.24) is 0 Å². The van der Waals surface area contributed by atoms with Crippen LogP contribution in [0.1, 0.15) is 53.4 Å². The summed E-state index contributed by atoms with van der Waals surface area (Å²) in [5.74, 6) is -0.606. The molecule has 0 aliphatic rings. The number of carbonyl (C=O) groups is 2. The molecule has 38 heavy (non-hydrogen) atoms. The first-order valence-corrected chi connectivity index (χ1v) is 13.3. The highest BCUT2D eigenvalue weighted by Gasteiger charge is 2.37. The van der Waals surface area contributed by atoms with Crippen LogP contribution in [0.3, 0.4) is 0 Å². The lowest BCUT2D eigenvalue weighted by molar-refractivity contribution is 0.0634. The van der Waals surface area contributed by atoms with Gasteiger partial charge in [0.15, 0.2) is 0 Å². The first-order chi connectivity index (χ1) is 18.2. The van der Waals surface area contributed by atoms with Gasteiger partial charge in [-0.05, 0) is 61.2 Å². The van der Waals surface area contributed by atoms with Crippen molar-refractivity contribution in [3.05, 3.63) is 137 Å². The van der Waals surface area contributed by atoms with Crippen molar-refractivity contribution in [3.8, 4) is 0 Å². The van der Waals surface area contributed by atoms with Crippen LogP contribution in [-0.2, 0) is 15.2 Å².